The molecule has 4 heteroatoms. The molecule has 0 spiro atoms. The van der Waals surface area contributed by atoms with E-state index in [9.17, 15) is 0 Å². The highest BCUT2D eigenvalue weighted by molar-refractivity contribution is 7.13. The first-order valence-electron chi connectivity index (χ1n) is 20.4. The lowest BCUT2D eigenvalue weighted by atomic mass is 9.92. The summed E-state index contributed by atoms with van der Waals surface area (Å²) in [5.74, 6) is 0. The van der Waals surface area contributed by atoms with Gasteiger partial charge in [0.15, 0.2) is 0 Å². The zero-order valence-corrected chi connectivity index (χ0v) is 34.8. The summed E-state index contributed by atoms with van der Waals surface area (Å²) in [5.41, 5.74) is 14.3. The Hall–Kier alpha value is -6.47. The molecule has 0 radical (unpaired) electrons. The highest BCUT2D eigenvalue weighted by atomic mass is 28.3. The van der Waals surface area contributed by atoms with Crippen LogP contribution < -0.4 is 20.7 Å². The predicted octanol–water partition coefficient (Wildman–Crippen LogP) is 12.7. The largest absolute Gasteiger partial charge is 0.455 e. The standard InChI is InChI=1S/C54H38O2Si2/c1-57(2)45-29-41(35-23-21-31-13-5-7-15-33(31)27-35)47-37-17-9-11-19-43(37)55-51(47)49(45)39-25-26-40-50-46(58(3,4)54(40)53(39)57)30-42(36-24-22-32-14-6-8-16-34(32)28-36)48-38-18-10-12-20-44(38)56-52(48)50/h5-30H,1-4H3. The smallest absolute Gasteiger partial charge is 0.143 e. The van der Waals surface area contributed by atoms with Crippen LogP contribution in [0.2, 0.25) is 26.2 Å². The molecule has 58 heavy (non-hydrogen) atoms. The van der Waals surface area contributed by atoms with Gasteiger partial charge in [0.25, 0.3) is 0 Å². The van der Waals surface area contributed by atoms with Gasteiger partial charge in [-0.2, -0.15) is 0 Å². The van der Waals surface area contributed by atoms with Gasteiger partial charge in [0, 0.05) is 32.7 Å². The topological polar surface area (TPSA) is 26.3 Å². The van der Waals surface area contributed by atoms with Crippen molar-refractivity contribution in [2.45, 2.75) is 26.2 Å². The van der Waals surface area contributed by atoms with Gasteiger partial charge in [0.1, 0.15) is 38.5 Å². The van der Waals surface area contributed by atoms with Crippen molar-refractivity contribution in [3.8, 4) is 44.5 Å². The molecule has 0 bridgehead atoms. The highest BCUT2D eigenvalue weighted by Crippen LogP contribution is 2.48. The highest BCUT2D eigenvalue weighted by Gasteiger charge is 2.50. The van der Waals surface area contributed by atoms with E-state index >= 15 is 0 Å². The molecule has 274 valence electrons. The summed E-state index contributed by atoms with van der Waals surface area (Å²) in [7, 11) is -4.63. The molecule has 9 aromatic carbocycles. The van der Waals surface area contributed by atoms with Crippen molar-refractivity contribution < 1.29 is 8.83 Å². The molecule has 0 amide bonds. The Kier molecular flexibility index (Phi) is 6.26. The van der Waals surface area contributed by atoms with E-state index in [1.54, 1.807) is 10.4 Å². The summed E-state index contributed by atoms with van der Waals surface area (Å²) in [6.07, 6.45) is 0. The lowest BCUT2D eigenvalue weighted by Gasteiger charge is -2.28. The Morgan fingerprint density at radius 2 is 0.759 bits per heavy atom. The Morgan fingerprint density at radius 3 is 1.21 bits per heavy atom. The second kappa shape index (κ2) is 11.1. The van der Waals surface area contributed by atoms with Crippen molar-refractivity contribution >= 4 is 102 Å². The normalized spacial score (nSPS) is 14.8. The summed E-state index contributed by atoms with van der Waals surface area (Å²) in [5, 5.41) is 15.9. The van der Waals surface area contributed by atoms with Gasteiger partial charge in [0.05, 0.1) is 0 Å². The van der Waals surface area contributed by atoms with E-state index in [1.165, 1.54) is 98.0 Å². The molecule has 0 unspecified atom stereocenters. The van der Waals surface area contributed by atoms with Crippen LogP contribution in [0.3, 0.4) is 0 Å². The van der Waals surface area contributed by atoms with Crippen LogP contribution in [0.4, 0.5) is 0 Å². The fourth-order valence-corrected chi connectivity index (χ4v) is 19.5. The van der Waals surface area contributed by atoms with E-state index in [0.717, 1.165) is 22.3 Å². The van der Waals surface area contributed by atoms with Crippen molar-refractivity contribution in [1.29, 1.82) is 0 Å². The summed E-state index contributed by atoms with van der Waals surface area (Å²) < 4.78 is 14.1. The Labute approximate surface area is 338 Å². The fourth-order valence-electron chi connectivity index (χ4n) is 11.1. The molecule has 0 aliphatic carbocycles. The van der Waals surface area contributed by atoms with Gasteiger partial charge in [-0.05, 0) is 99.9 Å². The van der Waals surface area contributed by atoms with Crippen LogP contribution in [0.15, 0.2) is 167 Å². The molecule has 2 aliphatic rings. The maximum Gasteiger partial charge on any atom is 0.143 e. The molecule has 11 aromatic rings. The van der Waals surface area contributed by atoms with Gasteiger partial charge in [-0.15, -0.1) is 0 Å². The molecule has 0 saturated carbocycles. The van der Waals surface area contributed by atoms with Crippen molar-refractivity contribution in [3.63, 3.8) is 0 Å². The third kappa shape index (κ3) is 4.11. The van der Waals surface area contributed by atoms with Gasteiger partial charge in [-0.1, -0.05) is 160 Å². The second-order valence-electron chi connectivity index (χ2n) is 17.6. The molecule has 2 aliphatic heterocycles. The molecular formula is C54H38O2Si2. The Morgan fingerprint density at radius 1 is 0.362 bits per heavy atom. The molecule has 2 aromatic heterocycles. The first-order chi connectivity index (χ1) is 28.3. The van der Waals surface area contributed by atoms with Crippen LogP contribution in [0.5, 0.6) is 0 Å². The maximum absolute atomic E-state index is 7.03. The van der Waals surface area contributed by atoms with Crippen molar-refractivity contribution in [1.82, 2.24) is 0 Å². The number of furan rings is 2. The molecule has 0 atom stereocenters. The number of benzene rings is 9. The minimum absolute atomic E-state index is 0.942. The van der Waals surface area contributed by atoms with E-state index in [2.05, 4.69) is 184 Å². The first-order valence-corrected chi connectivity index (χ1v) is 26.4. The minimum Gasteiger partial charge on any atom is -0.455 e. The zero-order chi connectivity index (χ0) is 38.7. The Bertz CT molecular complexity index is 3400. The minimum atomic E-state index is -2.31. The number of hydrogen-bond acceptors (Lipinski definition) is 2. The molecule has 0 saturated heterocycles. The van der Waals surface area contributed by atoms with Gasteiger partial charge in [0.2, 0.25) is 0 Å². The van der Waals surface area contributed by atoms with Gasteiger partial charge < -0.3 is 8.83 Å². The van der Waals surface area contributed by atoms with Crippen molar-refractivity contribution in [3.05, 3.63) is 158 Å². The third-order valence-electron chi connectivity index (χ3n) is 13.8. The van der Waals surface area contributed by atoms with Crippen molar-refractivity contribution in [2.24, 2.45) is 0 Å². The van der Waals surface area contributed by atoms with Crippen LogP contribution in [0, 0.1) is 0 Å². The van der Waals surface area contributed by atoms with E-state index < -0.39 is 16.1 Å². The SMILES string of the molecule is C[Si]1(C)c2cc(-c3ccc4ccccc4c3)c3c(oc4ccccc43)c2-c2ccc3c(c21)[Si](C)(C)c1cc(-c2ccc4ccccc4c2)c2c(oc4ccccc42)c1-3. The lowest BCUT2D eigenvalue weighted by molar-refractivity contribution is 0.670. The van der Waals surface area contributed by atoms with Crippen LogP contribution in [-0.2, 0) is 0 Å². The predicted molar refractivity (Wildman–Crippen MR) is 251 cm³/mol. The van der Waals surface area contributed by atoms with E-state index in [1.807, 2.05) is 0 Å². The van der Waals surface area contributed by atoms with Gasteiger partial charge in [-0.25, -0.2) is 0 Å². The monoisotopic (exact) mass is 774 g/mol. The Balaban J connectivity index is 1.10. The van der Waals surface area contributed by atoms with E-state index in [0.29, 0.717) is 0 Å². The van der Waals surface area contributed by atoms with Crippen molar-refractivity contribution in [2.75, 3.05) is 0 Å². The second-order valence-corrected chi connectivity index (χ2v) is 26.2. The number of hydrogen-bond donors (Lipinski definition) is 0. The van der Waals surface area contributed by atoms with Gasteiger partial charge >= 0.3 is 0 Å². The molecule has 0 N–H and O–H groups in total. The summed E-state index contributed by atoms with van der Waals surface area (Å²) in [6, 6.07) is 58.4. The van der Waals surface area contributed by atoms with Gasteiger partial charge in [-0.3, -0.25) is 0 Å². The molecule has 2 nitrogen and oxygen atoms in total. The molecule has 4 heterocycles. The first kappa shape index (κ1) is 32.6. The number of para-hydroxylation sites is 2. The number of rotatable bonds is 2. The summed E-state index contributed by atoms with van der Waals surface area (Å²) in [6.45, 7) is 10.3. The van der Waals surface area contributed by atoms with E-state index in [-0.39, 0.29) is 0 Å². The molecular weight excluding hydrogens is 737 g/mol. The quantitative estimate of drug-likeness (QED) is 0.164. The number of fused-ring (bicyclic) bond motifs is 17. The summed E-state index contributed by atoms with van der Waals surface area (Å²) >= 11 is 0. The lowest BCUT2D eigenvalue weighted by Crippen LogP contribution is -2.63. The van der Waals surface area contributed by atoms with E-state index in [4.69, 9.17) is 8.83 Å². The molecule has 0 fully saturated rings. The maximum atomic E-state index is 7.03. The van der Waals surface area contributed by atoms with Crippen LogP contribution in [-0.4, -0.2) is 16.1 Å². The third-order valence-corrected chi connectivity index (χ3v) is 21.0. The van der Waals surface area contributed by atoms with Crippen LogP contribution in [0.1, 0.15) is 0 Å². The fraction of sp³-hybridized carbons (Fsp3) is 0.0741. The average Bonchev–Trinajstić information content (AvgIpc) is 3.95. The average molecular weight is 775 g/mol. The van der Waals surface area contributed by atoms with Crippen LogP contribution in [0.25, 0.3) is 110 Å². The summed E-state index contributed by atoms with van der Waals surface area (Å²) in [4.78, 5) is 0. The molecule has 13 rings (SSSR count). The zero-order valence-electron chi connectivity index (χ0n) is 32.8. The van der Waals surface area contributed by atoms with Crippen LogP contribution >= 0.6 is 0 Å².